The number of hydrogen-bond donors (Lipinski definition) is 1. The number of hydrogen-bond acceptors (Lipinski definition) is 5. The summed E-state index contributed by atoms with van der Waals surface area (Å²) in [5, 5.41) is 14.7. The number of fused-ring (bicyclic) bond motifs is 1. The fourth-order valence-electron chi connectivity index (χ4n) is 2.85. The van der Waals surface area contributed by atoms with Gasteiger partial charge in [-0.15, -0.1) is 0 Å². The Balaban J connectivity index is 1.65. The third-order valence-corrected chi connectivity index (χ3v) is 4.15. The molecule has 0 radical (unpaired) electrons. The summed E-state index contributed by atoms with van der Waals surface area (Å²) in [7, 11) is 0. The van der Waals surface area contributed by atoms with Crippen molar-refractivity contribution in [2.75, 3.05) is 5.73 Å². The molecule has 6 heteroatoms. The van der Waals surface area contributed by atoms with Gasteiger partial charge in [-0.3, -0.25) is 4.68 Å². The molecule has 4 aromatic rings. The number of allylic oxidation sites excluding steroid dienone is 1. The first-order valence-corrected chi connectivity index (χ1v) is 8.44. The van der Waals surface area contributed by atoms with Crippen LogP contribution in [0.15, 0.2) is 67.0 Å². The zero-order chi connectivity index (χ0) is 18.6. The Morgan fingerprint density at radius 2 is 1.85 bits per heavy atom. The van der Waals surface area contributed by atoms with Gasteiger partial charge >= 0.3 is 0 Å². The van der Waals surface area contributed by atoms with Crippen molar-refractivity contribution in [3.8, 4) is 6.07 Å². The van der Waals surface area contributed by atoms with E-state index in [-0.39, 0.29) is 0 Å². The SMILES string of the molecule is N#C/C(=C/c1cnn(Cc2ccccc2)c1)c1nc(N)c2ccccc2n1. The number of rotatable bonds is 4. The lowest BCUT2D eigenvalue weighted by Crippen LogP contribution is -2.00. The van der Waals surface area contributed by atoms with Crippen molar-refractivity contribution in [1.29, 1.82) is 5.26 Å². The molecule has 0 aliphatic carbocycles. The summed E-state index contributed by atoms with van der Waals surface area (Å²) in [5.41, 5.74) is 9.04. The average Bonchev–Trinajstić information content (AvgIpc) is 3.14. The van der Waals surface area contributed by atoms with Crippen LogP contribution in [0.1, 0.15) is 17.0 Å². The van der Waals surface area contributed by atoms with E-state index < -0.39 is 0 Å². The van der Waals surface area contributed by atoms with Gasteiger partial charge in [0, 0.05) is 17.1 Å². The number of nitrogens with two attached hydrogens (primary N) is 1. The molecular weight excluding hydrogens is 336 g/mol. The quantitative estimate of drug-likeness (QED) is 0.567. The molecule has 2 heterocycles. The minimum atomic E-state index is 0.310. The van der Waals surface area contributed by atoms with Gasteiger partial charge in [-0.2, -0.15) is 10.4 Å². The van der Waals surface area contributed by atoms with Gasteiger partial charge in [0.2, 0.25) is 0 Å². The molecule has 0 fully saturated rings. The van der Waals surface area contributed by atoms with E-state index in [1.54, 1.807) is 12.3 Å². The molecule has 27 heavy (non-hydrogen) atoms. The number of nitrogen functional groups attached to an aromatic ring is 1. The van der Waals surface area contributed by atoms with Gasteiger partial charge in [0.1, 0.15) is 11.9 Å². The lowest BCUT2D eigenvalue weighted by Gasteiger charge is -2.04. The molecule has 0 bridgehead atoms. The van der Waals surface area contributed by atoms with Gasteiger partial charge in [0.15, 0.2) is 5.82 Å². The highest BCUT2D eigenvalue weighted by atomic mass is 15.3. The Bertz CT molecular complexity index is 1170. The van der Waals surface area contributed by atoms with Crippen molar-refractivity contribution in [3.05, 3.63) is 83.9 Å². The summed E-state index contributed by atoms with van der Waals surface area (Å²) in [4.78, 5) is 8.76. The molecule has 0 aliphatic heterocycles. The van der Waals surface area contributed by atoms with Crippen LogP contribution in [0.5, 0.6) is 0 Å². The van der Waals surface area contributed by atoms with Crippen molar-refractivity contribution in [1.82, 2.24) is 19.7 Å². The van der Waals surface area contributed by atoms with Crippen LogP contribution >= 0.6 is 0 Å². The fourth-order valence-corrected chi connectivity index (χ4v) is 2.85. The molecule has 0 amide bonds. The molecule has 0 saturated carbocycles. The first-order chi connectivity index (χ1) is 13.2. The zero-order valence-corrected chi connectivity index (χ0v) is 14.4. The fraction of sp³-hybridized carbons (Fsp3) is 0.0476. The number of nitrogens with zero attached hydrogens (tertiary/aromatic N) is 5. The maximum atomic E-state index is 9.58. The first kappa shape index (κ1) is 16.5. The number of benzene rings is 2. The molecule has 0 saturated heterocycles. The minimum Gasteiger partial charge on any atom is -0.383 e. The second kappa shape index (κ2) is 7.10. The summed E-state index contributed by atoms with van der Waals surface area (Å²) in [5.74, 6) is 0.668. The van der Waals surface area contributed by atoms with E-state index in [4.69, 9.17) is 5.73 Å². The van der Waals surface area contributed by atoms with Crippen LogP contribution in [0.25, 0.3) is 22.6 Å². The summed E-state index contributed by atoms with van der Waals surface area (Å²) < 4.78 is 1.83. The van der Waals surface area contributed by atoms with E-state index in [9.17, 15) is 5.26 Å². The highest BCUT2D eigenvalue weighted by Crippen LogP contribution is 2.21. The lowest BCUT2D eigenvalue weighted by atomic mass is 10.1. The largest absolute Gasteiger partial charge is 0.383 e. The predicted molar refractivity (Wildman–Crippen MR) is 105 cm³/mol. The van der Waals surface area contributed by atoms with E-state index in [1.807, 2.05) is 65.5 Å². The summed E-state index contributed by atoms with van der Waals surface area (Å²) >= 11 is 0. The molecule has 130 valence electrons. The van der Waals surface area contributed by atoms with Crippen molar-refractivity contribution in [3.63, 3.8) is 0 Å². The maximum absolute atomic E-state index is 9.58. The maximum Gasteiger partial charge on any atom is 0.172 e. The number of anilines is 1. The minimum absolute atomic E-state index is 0.310. The van der Waals surface area contributed by atoms with Gasteiger partial charge < -0.3 is 5.73 Å². The van der Waals surface area contributed by atoms with Crippen molar-refractivity contribution in [2.24, 2.45) is 0 Å². The van der Waals surface area contributed by atoms with Crippen LogP contribution in [-0.2, 0) is 6.54 Å². The molecular formula is C21H16N6. The Morgan fingerprint density at radius 1 is 1.07 bits per heavy atom. The number of para-hydroxylation sites is 1. The molecule has 2 aromatic heterocycles. The Kier molecular flexibility index (Phi) is 4.33. The van der Waals surface area contributed by atoms with Gasteiger partial charge in [-0.1, -0.05) is 42.5 Å². The van der Waals surface area contributed by atoms with Crippen LogP contribution in [0.3, 0.4) is 0 Å². The highest BCUT2D eigenvalue weighted by molar-refractivity contribution is 5.92. The second-order valence-electron chi connectivity index (χ2n) is 6.08. The summed E-state index contributed by atoms with van der Waals surface area (Å²) in [6, 6.07) is 19.7. The summed E-state index contributed by atoms with van der Waals surface area (Å²) in [6.07, 6.45) is 5.32. The second-order valence-corrected chi connectivity index (χ2v) is 6.08. The predicted octanol–water partition coefficient (Wildman–Crippen LogP) is 3.52. The van der Waals surface area contributed by atoms with Gasteiger partial charge in [-0.25, -0.2) is 9.97 Å². The molecule has 2 N–H and O–H groups in total. The third kappa shape index (κ3) is 3.53. The number of aromatic nitrogens is 4. The van der Waals surface area contributed by atoms with E-state index in [0.717, 1.165) is 16.5 Å². The topological polar surface area (TPSA) is 93.4 Å². The van der Waals surface area contributed by atoms with Gasteiger partial charge in [0.05, 0.1) is 23.8 Å². The van der Waals surface area contributed by atoms with Crippen molar-refractivity contribution in [2.45, 2.75) is 6.54 Å². The van der Waals surface area contributed by atoms with Crippen molar-refractivity contribution < 1.29 is 0 Å². The van der Waals surface area contributed by atoms with Gasteiger partial charge in [-0.05, 0) is 23.8 Å². The molecule has 0 spiro atoms. The van der Waals surface area contributed by atoms with E-state index in [0.29, 0.717) is 29.3 Å². The molecule has 0 atom stereocenters. The highest BCUT2D eigenvalue weighted by Gasteiger charge is 2.10. The molecule has 0 unspecified atom stereocenters. The normalized spacial score (nSPS) is 11.4. The molecule has 0 aliphatic rings. The van der Waals surface area contributed by atoms with Crippen LogP contribution in [0, 0.1) is 11.3 Å². The summed E-state index contributed by atoms with van der Waals surface area (Å²) in [6.45, 7) is 0.663. The lowest BCUT2D eigenvalue weighted by molar-refractivity contribution is 0.687. The van der Waals surface area contributed by atoms with E-state index in [1.165, 1.54) is 0 Å². The van der Waals surface area contributed by atoms with Crippen LogP contribution < -0.4 is 5.73 Å². The third-order valence-electron chi connectivity index (χ3n) is 4.15. The number of nitriles is 1. The van der Waals surface area contributed by atoms with Crippen molar-refractivity contribution >= 4 is 28.4 Å². The average molecular weight is 352 g/mol. The standard InChI is InChI=1S/C21H16N6/c22-11-17(21-25-19-9-5-4-8-18(19)20(23)26-21)10-16-12-24-27(14-16)13-15-6-2-1-3-7-15/h1-10,12,14H,13H2,(H2,23,25,26)/b17-10-. The van der Waals surface area contributed by atoms with Gasteiger partial charge in [0.25, 0.3) is 0 Å². The Morgan fingerprint density at radius 3 is 2.67 bits per heavy atom. The smallest absolute Gasteiger partial charge is 0.172 e. The first-order valence-electron chi connectivity index (χ1n) is 8.44. The monoisotopic (exact) mass is 352 g/mol. The van der Waals surface area contributed by atoms with Crippen LogP contribution in [0.2, 0.25) is 0 Å². The Labute approximate surface area is 156 Å². The van der Waals surface area contributed by atoms with Crippen LogP contribution in [-0.4, -0.2) is 19.7 Å². The Hall–Kier alpha value is -3.98. The van der Waals surface area contributed by atoms with E-state index >= 15 is 0 Å². The zero-order valence-electron chi connectivity index (χ0n) is 14.4. The molecule has 4 rings (SSSR count). The van der Waals surface area contributed by atoms with E-state index in [2.05, 4.69) is 21.1 Å². The molecule has 2 aromatic carbocycles. The molecule has 6 nitrogen and oxygen atoms in total. The van der Waals surface area contributed by atoms with Crippen LogP contribution in [0.4, 0.5) is 5.82 Å².